The fourth-order valence-electron chi connectivity index (χ4n) is 7.31. The Bertz CT molecular complexity index is 815. The van der Waals surface area contributed by atoms with Gasteiger partial charge in [0.15, 0.2) is 0 Å². The number of nitrogens with zero attached hydrogens (tertiary/aromatic N) is 1. The minimum atomic E-state index is -0.335. The fourth-order valence-corrected chi connectivity index (χ4v) is 7.31. The second-order valence-corrected chi connectivity index (χ2v) is 10.3. The van der Waals surface area contributed by atoms with E-state index < -0.39 is 0 Å². The molecule has 0 bridgehead atoms. The van der Waals surface area contributed by atoms with E-state index in [9.17, 15) is 10.2 Å². The summed E-state index contributed by atoms with van der Waals surface area (Å²) in [6, 6.07) is 4.05. The van der Waals surface area contributed by atoms with Crippen molar-refractivity contribution in [3.63, 3.8) is 0 Å². The molecule has 1 aromatic heterocycles. The smallest absolute Gasteiger partial charge is 0.0809 e. The third kappa shape index (κ3) is 2.66. The zero-order valence-electron chi connectivity index (χ0n) is 17.1. The zero-order chi connectivity index (χ0) is 19.5. The normalized spacial score (nSPS) is 46.5. The molecule has 0 aromatic carbocycles. The van der Waals surface area contributed by atoms with Gasteiger partial charge in [-0.3, -0.25) is 4.98 Å². The minimum absolute atomic E-state index is 0.00405. The predicted octanol–water partition coefficient (Wildman–Crippen LogP) is 4.76. The van der Waals surface area contributed by atoms with E-state index in [1.54, 1.807) is 0 Å². The molecule has 1 aromatic rings. The van der Waals surface area contributed by atoms with Gasteiger partial charge < -0.3 is 10.2 Å². The summed E-state index contributed by atoms with van der Waals surface area (Å²) < 4.78 is 0. The van der Waals surface area contributed by atoms with Crippen LogP contribution < -0.4 is 0 Å². The lowest BCUT2D eigenvalue weighted by Crippen LogP contribution is -2.51. The lowest BCUT2D eigenvalue weighted by Gasteiger charge is -2.57. The molecule has 3 heteroatoms. The Balaban J connectivity index is 1.47. The lowest BCUT2D eigenvalue weighted by atomic mass is 9.48. The second kappa shape index (κ2) is 6.53. The molecule has 150 valence electrons. The molecular formula is C25H33NO2. The fraction of sp³-hybridized carbons (Fsp3) is 0.640. The van der Waals surface area contributed by atoms with Crippen LogP contribution in [0.15, 0.2) is 41.7 Å². The van der Waals surface area contributed by atoms with E-state index in [2.05, 4.69) is 31.0 Å². The third-order valence-corrected chi connectivity index (χ3v) is 9.01. The molecule has 0 amide bonds. The molecule has 4 aliphatic rings. The molecule has 28 heavy (non-hydrogen) atoms. The first kappa shape index (κ1) is 18.6. The number of hydrogen-bond donors (Lipinski definition) is 2. The predicted molar refractivity (Wildman–Crippen MR) is 111 cm³/mol. The molecule has 0 spiro atoms. The van der Waals surface area contributed by atoms with Crippen LogP contribution in [0.4, 0.5) is 0 Å². The number of aliphatic hydroxyl groups excluding tert-OH is 2. The van der Waals surface area contributed by atoms with E-state index in [1.807, 2.05) is 24.5 Å². The third-order valence-electron chi connectivity index (χ3n) is 9.01. The van der Waals surface area contributed by atoms with Crippen LogP contribution in [0.25, 0.3) is 6.08 Å². The summed E-state index contributed by atoms with van der Waals surface area (Å²) in [5.74, 6) is 1.90. The average molecular weight is 380 g/mol. The second-order valence-electron chi connectivity index (χ2n) is 10.3. The van der Waals surface area contributed by atoms with Crippen molar-refractivity contribution in [2.24, 2.45) is 28.6 Å². The van der Waals surface area contributed by atoms with Crippen LogP contribution >= 0.6 is 0 Å². The minimum Gasteiger partial charge on any atom is -0.393 e. The molecule has 0 saturated heterocycles. The SMILES string of the molecule is C[C@]12CC[C@H]3[C@@H](CC=C4C[C@@H](O)CC[C@@]43C)[C@@H]1C/C(=C\c1ccncc1)[C@@H]2O. The Hall–Kier alpha value is -1.45. The summed E-state index contributed by atoms with van der Waals surface area (Å²) in [6.07, 6.45) is 15.2. The van der Waals surface area contributed by atoms with Crippen LogP contribution in [0.1, 0.15) is 64.4 Å². The summed E-state index contributed by atoms with van der Waals surface area (Å²) in [4.78, 5) is 4.11. The van der Waals surface area contributed by atoms with E-state index in [-0.39, 0.29) is 23.0 Å². The molecule has 3 fully saturated rings. The molecule has 3 nitrogen and oxygen atoms in total. The summed E-state index contributed by atoms with van der Waals surface area (Å²) >= 11 is 0. The lowest BCUT2D eigenvalue weighted by molar-refractivity contribution is -0.0685. The quantitative estimate of drug-likeness (QED) is 0.692. The topological polar surface area (TPSA) is 53.4 Å². The maximum atomic E-state index is 11.3. The van der Waals surface area contributed by atoms with Crippen molar-refractivity contribution in [3.8, 4) is 0 Å². The molecule has 4 aliphatic carbocycles. The van der Waals surface area contributed by atoms with Crippen LogP contribution in [0.3, 0.4) is 0 Å². The standard InChI is InChI=1S/C25H33NO2/c1-24-9-5-19(27)15-18(24)3-4-20-21(24)6-10-25(2)22(20)14-17(23(25)28)13-16-7-11-26-12-8-16/h3,7-8,11-13,19-23,27-28H,4-6,9-10,14-15H2,1-2H3/b17-13+/t19-,20+,21-,22-,23-,24-,25-/m0/s1. The summed E-state index contributed by atoms with van der Waals surface area (Å²) in [7, 11) is 0. The summed E-state index contributed by atoms with van der Waals surface area (Å²) in [6.45, 7) is 4.79. The van der Waals surface area contributed by atoms with Gasteiger partial charge in [0.1, 0.15) is 0 Å². The van der Waals surface area contributed by atoms with Gasteiger partial charge in [0.2, 0.25) is 0 Å². The Kier molecular flexibility index (Phi) is 4.33. The molecular weight excluding hydrogens is 346 g/mol. The van der Waals surface area contributed by atoms with Crippen molar-refractivity contribution in [1.82, 2.24) is 4.98 Å². The van der Waals surface area contributed by atoms with E-state index in [0.29, 0.717) is 17.8 Å². The first-order chi connectivity index (χ1) is 13.4. The van der Waals surface area contributed by atoms with Crippen molar-refractivity contribution in [1.29, 1.82) is 0 Å². The number of hydrogen-bond acceptors (Lipinski definition) is 3. The van der Waals surface area contributed by atoms with Gasteiger partial charge in [0.25, 0.3) is 0 Å². The van der Waals surface area contributed by atoms with Crippen LogP contribution in [-0.2, 0) is 0 Å². The van der Waals surface area contributed by atoms with Crippen molar-refractivity contribution >= 4 is 6.08 Å². The van der Waals surface area contributed by atoms with Gasteiger partial charge in [-0.25, -0.2) is 0 Å². The van der Waals surface area contributed by atoms with Gasteiger partial charge in [-0.2, -0.15) is 0 Å². The highest BCUT2D eigenvalue weighted by Crippen LogP contribution is 2.65. The van der Waals surface area contributed by atoms with Crippen molar-refractivity contribution in [2.45, 2.75) is 71.0 Å². The van der Waals surface area contributed by atoms with Gasteiger partial charge >= 0.3 is 0 Å². The molecule has 1 heterocycles. The molecule has 0 aliphatic heterocycles. The molecule has 2 N–H and O–H groups in total. The molecule has 5 rings (SSSR count). The Morgan fingerprint density at radius 3 is 2.61 bits per heavy atom. The van der Waals surface area contributed by atoms with Crippen molar-refractivity contribution in [3.05, 3.63) is 47.3 Å². The van der Waals surface area contributed by atoms with Gasteiger partial charge in [0, 0.05) is 17.8 Å². The Labute approximate surface area is 168 Å². The van der Waals surface area contributed by atoms with Crippen LogP contribution in [0.2, 0.25) is 0 Å². The van der Waals surface area contributed by atoms with E-state index >= 15 is 0 Å². The first-order valence-corrected chi connectivity index (χ1v) is 11.1. The van der Waals surface area contributed by atoms with E-state index in [1.165, 1.54) is 17.6 Å². The van der Waals surface area contributed by atoms with Crippen LogP contribution in [0.5, 0.6) is 0 Å². The van der Waals surface area contributed by atoms with Gasteiger partial charge in [-0.15, -0.1) is 0 Å². The maximum Gasteiger partial charge on any atom is 0.0809 e. The first-order valence-electron chi connectivity index (χ1n) is 11.1. The number of aliphatic hydroxyl groups is 2. The van der Waals surface area contributed by atoms with Gasteiger partial charge in [-0.1, -0.05) is 31.6 Å². The molecule has 7 atom stereocenters. The van der Waals surface area contributed by atoms with Gasteiger partial charge in [0.05, 0.1) is 12.2 Å². The molecule has 3 saturated carbocycles. The monoisotopic (exact) mass is 379 g/mol. The van der Waals surface area contributed by atoms with Crippen molar-refractivity contribution in [2.75, 3.05) is 0 Å². The van der Waals surface area contributed by atoms with Crippen LogP contribution in [0, 0.1) is 28.6 Å². The zero-order valence-corrected chi connectivity index (χ0v) is 17.1. The van der Waals surface area contributed by atoms with Crippen molar-refractivity contribution < 1.29 is 10.2 Å². The number of pyridine rings is 1. The van der Waals surface area contributed by atoms with E-state index in [4.69, 9.17) is 0 Å². The molecule has 0 radical (unpaired) electrons. The maximum absolute atomic E-state index is 11.3. The highest BCUT2D eigenvalue weighted by atomic mass is 16.3. The van der Waals surface area contributed by atoms with Gasteiger partial charge in [-0.05, 0) is 91.4 Å². The molecule has 0 unspecified atom stereocenters. The highest BCUT2D eigenvalue weighted by Gasteiger charge is 2.59. The number of fused-ring (bicyclic) bond motifs is 5. The summed E-state index contributed by atoms with van der Waals surface area (Å²) in [5.41, 5.74) is 4.12. The Morgan fingerprint density at radius 1 is 1.04 bits per heavy atom. The average Bonchev–Trinajstić information content (AvgIpc) is 2.94. The Morgan fingerprint density at radius 2 is 1.82 bits per heavy atom. The van der Waals surface area contributed by atoms with Crippen LogP contribution in [-0.4, -0.2) is 27.4 Å². The summed E-state index contributed by atoms with van der Waals surface area (Å²) in [5, 5.41) is 21.5. The largest absolute Gasteiger partial charge is 0.393 e. The number of rotatable bonds is 1. The number of allylic oxidation sites excluding steroid dienone is 1. The van der Waals surface area contributed by atoms with E-state index in [0.717, 1.165) is 44.1 Å². The number of aromatic nitrogens is 1. The highest BCUT2D eigenvalue weighted by molar-refractivity contribution is 5.55.